The number of nitrogens with two attached hydrogens (primary N) is 2. The topological polar surface area (TPSA) is 135 Å². The molecule has 0 spiro atoms. The maximum Gasteiger partial charge on any atom is 0.222 e. The van der Waals surface area contributed by atoms with Crippen molar-refractivity contribution in [2.45, 2.75) is 102 Å². The summed E-state index contributed by atoms with van der Waals surface area (Å²) in [6.45, 7) is 26.1. The molecule has 0 atom stereocenters. The summed E-state index contributed by atoms with van der Waals surface area (Å²) in [6, 6.07) is 7.59. The number of hydrazine groups is 1. The maximum absolute atomic E-state index is 11.9. The van der Waals surface area contributed by atoms with E-state index < -0.39 is 0 Å². The number of carbonyl (C=O) groups is 2. The van der Waals surface area contributed by atoms with Crippen molar-refractivity contribution in [3.63, 3.8) is 0 Å². The third kappa shape index (κ3) is 32.1. The molecule has 2 rings (SSSR count). The molecule has 1 aromatic carbocycles. The number of nitrogens with zero attached hydrogens (tertiary/aromatic N) is 1. The van der Waals surface area contributed by atoms with Crippen LogP contribution in [-0.2, 0) is 16.1 Å². The molecule has 252 valence electrons. The van der Waals surface area contributed by atoms with Gasteiger partial charge in [0, 0.05) is 57.9 Å². The number of likely N-dealkylation sites (N-methyl/N-ethyl adjacent to an activating group) is 1. The Hall–Kier alpha value is -2.64. The average molecular weight is 609 g/mol. The summed E-state index contributed by atoms with van der Waals surface area (Å²) in [5.41, 5.74) is 8.89. The lowest BCUT2D eigenvalue weighted by Crippen LogP contribution is -2.38. The lowest BCUT2D eigenvalue weighted by atomic mass is 9.96. The van der Waals surface area contributed by atoms with Gasteiger partial charge in [0.1, 0.15) is 12.5 Å². The first-order valence-corrected chi connectivity index (χ1v) is 16.2. The fourth-order valence-electron chi connectivity index (χ4n) is 3.32. The van der Waals surface area contributed by atoms with Gasteiger partial charge in [0.25, 0.3) is 0 Å². The summed E-state index contributed by atoms with van der Waals surface area (Å²) < 4.78 is 5.07. The van der Waals surface area contributed by atoms with E-state index in [1.165, 1.54) is 6.92 Å². The highest BCUT2D eigenvalue weighted by atomic mass is 16.5. The van der Waals surface area contributed by atoms with Crippen molar-refractivity contribution >= 4 is 11.8 Å². The van der Waals surface area contributed by atoms with Crippen molar-refractivity contribution in [1.29, 1.82) is 0 Å². The van der Waals surface area contributed by atoms with E-state index >= 15 is 0 Å². The van der Waals surface area contributed by atoms with Gasteiger partial charge in [0.15, 0.2) is 0 Å². The van der Waals surface area contributed by atoms with Crippen LogP contribution in [0.2, 0.25) is 0 Å². The van der Waals surface area contributed by atoms with E-state index in [9.17, 15) is 9.59 Å². The number of rotatable bonds is 9. The Kier molecular flexibility index (Phi) is 39.1. The second-order valence-electron chi connectivity index (χ2n) is 9.62. The lowest BCUT2D eigenvalue weighted by Gasteiger charge is -2.30. The van der Waals surface area contributed by atoms with E-state index in [2.05, 4.69) is 55.6 Å². The molecule has 0 bridgehead atoms. The van der Waals surface area contributed by atoms with Crippen LogP contribution >= 0.6 is 0 Å². The number of hydrogen-bond acceptors (Lipinski definition) is 7. The van der Waals surface area contributed by atoms with Crippen LogP contribution in [-0.4, -0.2) is 56.7 Å². The average Bonchev–Trinajstić information content (AvgIpc) is 3.01. The molecule has 0 radical (unpaired) electrons. The summed E-state index contributed by atoms with van der Waals surface area (Å²) in [6.07, 6.45) is 2.77. The fraction of sp³-hybridized carbons (Fsp3) is 0.706. The number of benzene rings is 1. The first kappa shape index (κ1) is 47.3. The van der Waals surface area contributed by atoms with E-state index in [4.69, 9.17) is 16.3 Å². The van der Waals surface area contributed by atoms with E-state index in [0.29, 0.717) is 43.2 Å². The van der Waals surface area contributed by atoms with Crippen molar-refractivity contribution in [2.75, 3.05) is 40.0 Å². The number of carbonyl (C=O) groups excluding carboxylic acids is 2. The Morgan fingerprint density at radius 3 is 1.91 bits per heavy atom. The molecule has 1 saturated heterocycles. The largest absolute Gasteiger partial charge is 0.479 e. The molecular formula is C34H68N6O3. The van der Waals surface area contributed by atoms with Crippen LogP contribution in [0.4, 0.5) is 0 Å². The molecule has 0 saturated carbocycles. The lowest BCUT2D eigenvalue weighted by molar-refractivity contribution is -0.133. The molecule has 1 aromatic rings. The van der Waals surface area contributed by atoms with E-state index in [-0.39, 0.29) is 12.6 Å². The smallest absolute Gasteiger partial charge is 0.222 e. The Labute approximate surface area is 265 Å². The van der Waals surface area contributed by atoms with Crippen molar-refractivity contribution in [3.8, 4) is 17.6 Å². The molecule has 2 amide bonds. The van der Waals surface area contributed by atoms with Crippen LogP contribution in [0.5, 0.6) is 5.75 Å². The van der Waals surface area contributed by atoms with Gasteiger partial charge in [0.2, 0.25) is 11.8 Å². The minimum atomic E-state index is 0.0280. The second kappa shape index (κ2) is 35.6. The highest BCUT2D eigenvalue weighted by molar-refractivity contribution is 5.76. The zero-order valence-electron chi connectivity index (χ0n) is 29.7. The van der Waals surface area contributed by atoms with Gasteiger partial charge in [-0.1, -0.05) is 87.3 Å². The fourth-order valence-corrected chi connectivity index (χ4v) is 3.32. The predicted molar refractivity (Wildman–Crippen MR) is 185 cm³/mol. The van der Waals surface area contributed by atoms with Gasteiger partial charge in [-0.2, -0.15) is 0 Å². The molecule has 0 aliphatic carbocycles. The molecule has 1 aliphatic heterocycles. The minimum absolute atomic E-state index is 0.0280. The number of amides is 2. The first-order chi connectivity index (χ1) is 20.6. The van der Waals surface area contributed by atoms with Gasteiger partial charge < -0.3 is 20.3 Å². The normalized spacial score (nSPS) is 11.6. The molecule has 1 heterocycles. The van der Waals surface area contributed by atoms with Gasteiger partial charge in [-0.05, 0) is 43.5 Å². The highest BCUT2D eigenvalue weighted by Crippen LogP contribution is 2.18. The predicted octanol–water partition coefficient (Wildman–Crippen LogP) is 5.30. The summed E-state index contributed by atoms with van der Waals surface area (Å²) in [7, 11) is 1.85. The van der Waals surface area contributed by atoms with Gasteiger partial charge in [-0.25, -0.2) is 0 Å². The summed E-state index contributed by atoms with van der Waals surface area (Å²) in [5.74, 6) is 14.3. The van der Waals surface area contributed by atoms with Crippen LogP contribution in [0, 0.1) is 29.6 Å². The monoisotopic (exact) mass is 609 g/mol. The summed E-state index contributed by atoms with van der Waals surface area (Å²) >= 11 is 0. The number of hydrogen-bond donors (Lipinski definition) is 5. The van der Waals surface area contributed by atoms with Crippen LogP contribution < -0.4 is 32.4 Å². The SMILES string of the molecule is CC.CC.CC.CC(C)C#CC1CCN(C(=O)CC(C)C)CC1.CNCCNC(C)=O.NCOc1ccc(CNN)cc1. The molecule has 9 heteroatoms. The second-order valence-corrected chi connectivity index (χ2v) is 9.62. The third-order valence-corrected chi connectivity index (χ3v) is 5.24. The van der Waals surface area contributed by atoms with Crippen LogP contribution in [0.25, 0.3) is 0 Å². The van der Waals surface area contributed by atoms with Gasteiger partial charge in [0.05, 0.1) is 0 Å². The van der Waals surface area contributed by atoms with Crippen molar-refractivity contribution in [3.05, 3.63) is 29.8 Å². The van der Waals surface area contributed by atoms with Crippen molar-refractivity contribution < 1.29 is 14.3 Å². The maximum atomic E-state index is 11.9. The Morgan fingerprint density at radius 2 is 1.51 bits per heavy atom. The van der Waals surface area contributed by atoms with Crippen LogP contribution in [0.15, 0.2) is 24.3 Å². The van der Waals surface area contributed by atoms with Crippen molar-refractivity contribution in [2.24, 2.45) is 29.3 Å². The number of ether oxygens (including phenoxy) is 1. The van der Waals surface area contributed by atoms with Crippen LogP contribution in [0.1, 0.15) is 101 Å². The Bertz CT molecular complexity index is 772. The number of nitrogens with one attached hydrogen (secondary N) is 3. The van der Waals surface area contributed by atoms with Gasteiger partial charge in [-0.15, -0.1) is 5.92 Å². The summed E-state index contributed by atoms with van der Waals surface area (Å²) in [4.78, 5) is 24.1. The molecule has 0 unspecified atom stereocenters. The quantitative estimate of drug-likeness (QED) is 0.0845. The van der Waals surface area contributed by atoms with E-state index in [1.807, 2.05) is 77.8 Å². The molecule has 1 fully saturated rings. The summed E-state index contributed by atoms with van der Waals surface area (Å²) in [5, 5.41) is 5.55. The van der Waals surface area contributed by atoms with Crippen molar-refractivity contribution in [1.82, 2.24) is 21.0 Å². The Balaban J connectivity index is -0.000000256. The zero-order chi connectivity index (χ0) is 34.1. The van der Waals surface area contributed by atoms with Gasteiger partial charge in [-0.3, -0.25) is 26.6 Å². The molecule has 43 heavy (non-hydrogen) atoms. The minimum Gasteiger partial charge on any atom is -0.479 e. The molecule has 7 N–H and O–H groups in total. The van der Waals surface area contributed by atoms with E-state index in [0.717, 1.165) is 43.8 Å². The first-order valence-electron chi connectivity index (χ1n) is 16.2. The van der Waals surface area contributed by atoms with E-state index in [1.54, 1.807) is 0 Å². The standard InChI is InChI=1S/C15H25NO.C8H13N3O.C5H12N2O.3C2H6/c1-12(2)5-6-14-7-9-16(10-8-14)15(17)11-13(3)4;9-6-12-8-3-1-7(2-4-8)5-11-10;1-5(8)7-4-3-6-2;3*1-2/h12-14H,7-11H2,1-4H3;1-4,11H,5-6,9-10H2;6H,3-4H2,1-2H3,(H,7,8);3*1-2H3. The third-order valence-electron chi connectivity index (χ3n) is 5.24. The molecule has 9 nitrogen and oxygen atoms in total. The number of likely N-dealkylation sites (tertiary alicyclic amines) is 1. The highest BCUT2D eigenvalue weighted by Gasteiger charge is 2.21. The molecule has 0 aromatic heterocycles. The van der Waals surface area contributed by atoms with Crippen LogP contribution in [0.3, 0.4) is 0 Å². The Morgan fingerprint density at radius 1 is 0.977 bits per heavy atom. The molecule has 1 aliphatic rings. The van der Waals surface area contributed by atoms with Gasteiger partial charge >= 0.3 is 0 Å². The molecular weight excluding hydrogens is 540 g/mol. The number of piperidine rings is 1. The zero-order valence-corrected chi connectivity index (χ0v) is 29.7.